The Morgan fingerprint density at radius 1 is 1.50 bits per heavy atom. The first-order valence-corrected chi connectivity index (χ1v) is 6.98. The van der Waals surface area contributed by atoms with Crippen LogP contribution in [0.2, 0.25) is 0 Å². The second kappa shape index (κ2) is 4.58. The van der Waals surface area contributed by atoms with Crippen molar-refractivity contribution in [2.45, 2.75) is 35.9 Å². The van der Waals surface area contributed by atoms with Crippen molar-refractivity contribution < 1.29 is 4.74 Å². The maximum Gasteiger partial charge on any atom is 0.119 e. The lowest BCUT2D eigenvalue weighted by molar-refractivity contribution is 0.340. The van der Waals surface area contributed by atoms with Gasteiger partial charge < -0.3 is 4.74 Å². The highest BCUT2D eigenvalue weighted by Gasteiger charge is 2.57. The molecule has 3 heteroatoms. The van der Waals surface area contributed by atoms with Crippen molar-refractivity contribution in [3.63, 3.8) is 0 Å². The van der Waals surface area contributed by atoms with E-state index in [2.05, 4.69) is 35.0 Å². The van der Waals surface area contributed by atoms with Crippen LogP contribution in [0.4, 0.5) is 0 Å². The van der Waals surface area contributed by atoms with Crippen molar-refractivity contribution in [3.05, 3.63) is 29.8 Å². The molecule has 0 radical (unpaired) electrons. The molecule has 2 rings (SSSR count). The zero-order valence-corrected chi connectivity index (χ0v) is 11.9. The van der Waals surface area contributed by atoms with Crippen LogP contribution in [0.15, 0.2) is 24.3 Å². The summed E-state index contributed by atoms with van der Waals surface area (Å²) in [7, 11) is 0. The van der Waals surface area contributed by atoms with E-state index >= 15 is 0 Å². The van der Waals surface area contributed by atoms with E-state index in [1.807, 2.05) is 19.1 Å². The molecule has 16 heavy (non-hydrogen) atoms. The minimum Gasteiger partial charge on any atom is -0.494 e. The van der Waals surface area contributed by atoms with Crippen LogP contribution in [0.3, 0.4) is 0 Å². The van der Waals surface area contributed by atoms with Crippen LogP contribution in [-0.4, -0.2) is 16.8 Å². The van der Waals surface area contributed by atoms with Gasteiger partial charge in [-0.1, -0.05) is 35.0 Å². The predicted octanol–water partition coefficient (Wildman–Crippen LogP) is 4.12. The molecule has 1 saturated carbocycles. The van der Waals surface area contributed by atoms with E-state index in [0.29, 0.717) is 11.4 Å². The third kappa shape index (κ3) is 1.98. The molecule has 1 aliphatic rings. The topological polar surface area (TPSA) is 9.23 Å². The SMILES string of the molecule is CCOc1ccc(C2(C(C)Br)CC2Cl)cc1. The first-order chi connectivity index (χ1) is 7.61. The van der Waals surface area contributed by atoms with Gasteiger partial charge in [-0.25, -0.2) is 0 Å². The molecule has 1 aliphatic carbocycles. The highest BCUT2D eigenvalue weighted by Crippen LogP contribution is 2.56. The number of halogens is 2. The van der Waals surface area contributed by atoms with E-state index in [1.54, 1.807) is 0 Å². The molecule has 0 aliphatic heterocycles. The smallest absolute Gasteiger partial charge is 0.119 e. The summed E-state index contributed by atoms with van der Waals surface area (Å²) in [5.74, 6) is 0.926. The van der Waals surface area contributed by atoms with Crippen molar-refractivity contribution in [1.82, 2.24) is 0 Å². The number of hydrogen-bond acceptors (Lipinski definition) is 1. The molecule has 1 nitrogen and oxygen atoms in total. The van der Waals surface area contributed by atoms with E-state index in [0.717, 1.165) is 12.2 Å². The molecule has 1 fully saturated rings. The molecule has 0 saturated heterocycles. The first-order valence-electron chi connectivity index (χ1n) is 5.62. The van der Waals surface area contributed by atoms with Crippen molar-refractivity contribution in [3.8, 4) is 5.75 Å². The van der Waals surface area contributed by atoms with Crippen LogP contribution in [0, 0.1) is 0 Å². The van der Waals surface area contributed by atoms with Gasteiger partial charge in [0.05, 0.1) is 6.61 Å². The Morgan fingerprint density at radius 3 is 2.44 bits per heavy atom. The minimum absolute atomic E-state index is 0.117. The van der Waals surface area contributed by atoms with E-state index in [1.165, 1.54) is 5.56 Å². The molecular weight excluding hydrogens is 287 g/mol. The van der Waals surface area contributed by atoms with Crippen LogP contribution >= 0.6 is 27.5 Å². The van der Waals surface area contributed by atoms with Crippen molar-refractivity contribution in [2.75, 3.05) is 6.61 Å². The van der Waals surface area contributed by atoms with Gasteiger partial charge in [0, 0.05) is 15.6 Å². The molecular formula is C13H16BrClO. The maximum absolute atomic E-state index is 6.28. The maximum atomic E-state index is 6.28. The highest BCUT2D eigenvalue weighted by atomic mass is 79.9. The van der Waals surface area contributed by atoms with Gasteiger partial charge in [0.25, 0.3) is 0 Å². The third-order valence-corrected chi connectivity index (χ3v) is 4.69. The van der Waals surface area contributed by atoms with Crippen molar-refractivity contribution in [2.24, 2.45) is 0 Å². The zero-order valence-electron chi connectivity index (χ0n) is 9.54. The quantitative estimate of drug-likeness (QED) is 0.760. The van der Waals surface area contributed by atoms with Crippen LogP contribution in [0.5, 0.6) is 5.75 Å². The molecule has 0 bridgehead atoms. The predicted molar refractivity (Wildman–Crippen MR) is 71.9 cm³/mol. The first kappa shape index (κ1) is 12.3. The summed E-state index contributed by atoms with van der Waals surface area (Å²) >= 11 is 9.95. The summed E-state index contributed by atoms with van der Waals surface area (Å²) in [6, 6.07) is 8.31. The van der Waals surface area contributed by atoms with Crippen LogP contribution < -0.4 is 4.74 Å². The number of benzene rings is 1. The standard InChI is InChI=1S/C13H16BrClO/c1-3-16-11-6-4-10(5-7-11)13(9(2)14)8-12(13)15/h4-7,9,12H,3,8H2,1-2H3. The van der Waals surface area contributed by atoms with Gasteiger partial charge in [0.2, 0.25) is 0 Å². The Morgan fingerprint density at radius 2 is 2.06 bits per heavy atom. The second-order valence-electron chi connectivity index (χ2n) is 4.29. The fourth-order valence-corrected chi connectivity index (χ4v) is 3.70. The summed E-state index contributed by atoms with van der Waals surface area (Å²) in [6.07, 6.45) is 1.05. The number of alkyl halides is 2. The van der Waals surface area contributed by atoms with Crippen molar-refractivity contribution in [1.29, 1.82) is 0 Å². The Kier molecular flexibility index (Phi) is 3.50. The molecule has 0 spiro atoms. The van der Waals surface area contributed by atoms with Crippen molar-refractivity contribution >= 4 is 27.5 Å². The Bertz CT molecular complexity index is 363. The summed E-state index contributed by atoms with van der Waals surface area (Å²) < 4.78 is 5.44. The average Bonchev–Trinajstić information content (AvgIpc) is 2.93. The number of hydrogen-bond donors (Lipinski definition) is 0. The molecule has 3 atom stereocenters. The summed E-state index contributed by atoms with van der Waals surface area (Å²) in [6.45, 7) is 4.86. The highest BCUT2D eigenvalue weighted by molar-refractivity contribution is 9.09. The van der Waals surface area contributed by atoms with Crippen LogP contribution in [-0.2, 0) is 5.41 Å². The lowest BCUT2D eigenvalue weighted by Gasteiger charge is -2.19. The van der Waals surface area contributed by atoms with Gasteiger partial charge in [0.1, 0.15) is 5.75 Å². The molecule has 0 aromatic heterocycles. The van der Waals surface area contributed by atoms with Gasteiger partial charge >= 0.3 is 0 Å². The van der Waals surface area contributed by atoms with Gasteiger partial charge in [-0.05, 0) is 31.0 Å². The zero-order chi connectivity index (χ0) is 11.8. The van der Waals surface area contributed by atoms with Gasteiger partial charge in [-0.3, -0.25) is 0 Å². The second-order valence-corrected chi connectivity index (χ2v) is 6.19. The molecule has 3 unspecified atom stereocenters. The molecule has 88 valence electrons. The average molecular weight is 304 g/mol. The van der Waals surface area contributed by atoms with Gasteiger partial charge in [-0.15, -0.1) is 11.6 Å². The van der Waals surface area contributed by atoms with Crippen LogP contribution in [0.25, 0.3) is 0 Å². The monoisotopic (exact) mass is 302 g/mol. The van der Waals surface area contributed by atoms with Crippen LogP contribution in [0.1, 0.15) is 25.8 Å². The van der Waals surface area contributed by atoms with E-state index in [-0.39, 0.29) is 10.8 Å². The number of rotatable bonds is 4. The summed E-state index contributed by atoms with van der Waals surface area (Å²) in [5.41, 5.74) is 1.42. The van der Waals surface area contributed by atoms with E-state index < -0.39 is 0 Å². The summed E-state index contributed by atoms with van der Waals surface area (Å²) in [4.78, 5) is 0.403. The molecule has 0 amide bonds. The molecule has 1 aromatic carbocycles. The summed E-state index contributed by atoms with van der Waals surface area (Å²) in [5, 5.41) is 0.250. The van der Waals surface area contributed by atoms with Gasteiger partial charge in [-0.2, -0.15) is 0 Å². The Balaban J connectivity index is 2.21. The van der Waals surface area contributed by atoms with E-state index in [4.69, 9.17) is 16.3 Å². The Labute approximate surface area is 110 Å². The third-order valence-electron chi connectivity index (χ3n) is 3.33. The van der Waals surface area contributed by atoms with Gasteiger partial charge in [0.15, 0.2) is 0 Å². The lowest BCUT2D eigenvalue weighted by Crippen LogP contribution is -2.20. The normalized spacial score (nSPS) is 29.9. The minimum atomic E-state index is 0.117. The molecule has 0 N–H and O–H groups in total. The number of ether oxygens (including phenoxy) is 1. The fourth-order valence-electron chi connectivity index (χ4n) is 2.21. The largest absolute Gasteiger partial charge is 0.494 e. The molecule has 1 aromatic rings. The Hall–Kier alpha value is -0.210. The fraction of sp³-hybridized carbons (Fsp3) is 0.538. The molecule has 0 heterocycles. The van der Waals surface area contributed by atoms with E-state index in [9.17, 15) is 0 Å². The lowest BCUT2D eigenvalue weighted by atomic mass is 9.93.